The summed E-state index contributed by atoms with van der Waals surface area (Å²) in [7, 11) is 1.69. The number of anilines is 1. The van der Waals surface area contributed by atoms with Gasteiger partial charge in [-0.3, -0.25) is 14.9 Å². The van der Waals surface area contributed by atoms with Gasteiger partial charge in [0.05, 0.1) is 11.5 Å². The lowest BCUT2D eigenvalue weighted by Crippen LogP contribution is -2.18. The molecule has 0 spiro atoms. The Labute approximate surface area is 140 Å². The third-order valence-electron chi connectivity index (χ3n) is 3.65. The summed E-state index contributed by atoms with van der Waals surface area (Å²) < 4.78 is 6.75. The Morgan fingerprint density at radius 3 is 2.67 bits per heavy atom. The molecule has 1 aromatic carbocycles. The van der Waals surface area contributed by atoms with Crippen LogP contribution in [0, 0.1) is 17.0 Å². The van der Waals surface area contributed by atoms with Gasteiger partial charge in [0, 0.05) is 38.0 Å². The van der Waals surface area contributed by atoms with Crippen LogP contribution in [0.25, 0.3) is 11.1 Å². The second-order valence-corrected chi connectivity index (χ2v) is 5.44. The van der Waals surface area contributed by atoms with E-state index in [1.54, 1.807) is 38.4 Å². The van der Waals surface area contributed by atoms with Crippen LogP contribution in [0.5, 0.6) is 0 Å². The average molecular weight is 331 g/mol. The second kappa shape index (κ2) is 7.74. The number of hydrogen-bond acceptors (Lipinski definition) is 5. The molecule has 0 aliphatic rings. The standard InChI is InChI=1S/C17H21N3O4/c1-4-24-8-7-18-15-10-13(5-6-16(15)20(22)23)14-9-12(2)17(21)19(3)11-14/h5-6,9-11,18H,4,7-8H2,1-3H3. The number of ether oxygens (including phenoxy) is 1. The predicted octanol–water partition coefficient (Wildman–Crippen LogP) is 2.72. The van der Waals surface area contributed by atoms with E-state index in [0.29, 0.717) is 31.0 Å². The van der Waals surface area contributed by atoms with Crippen LogP contribution in [0.3, 0.4) is 0 Å². The highest BCUT2D eigenvalue weighted by molar-refractivity contribution is 5.74. The number of hydrogen-bond donors (Lipinski definition) is 1. The lowest BCUT2D eigenvalue weighted by Gasteiger charge is -2.11. The molecule has 1 heterocycles. The average Bonchev–Trinajstić information content (AvgIpc) is 2.55. The van der Waals surface area contributed by atoms with E-state index >= 15 is 0 Å². The van der Waals surface area contributed by atoms with Crippen LogP contribution < -0.4 is 10.9 Å². The van der Waals surface area contributed by atoms with Gasteiger partial charge in [-0.2, -0.15) is 0 Å². The molecule has 7 nitrogen and oxygen atoms in total. The van der Waals surface area contributed by atoms with Gasteiger partial charge >= 0.3 is 0 Å². The molecule has 0 fully saturated rings. The number of rotatable bonds is 7. The second-order valence-electron chi connectivity index (χ2n) is 5.44. The SMILES string of the molecule is CCOCCNc1cc(-c2cc(C)c(=O)n(C)c2)ccc1[N+](=O)[O-]. The highest BCUT2D eigenvalue weighted by Gasteiger charge is 2.15. The highest BCUT2D eigenvalue weighted by atomic mass is 16.6. The molecule has 1 N–H and O–H groups in total. The number of nitro groups is 1. The largest absolute Gasteiger partial charge is 0.380 e. The molecule has 1 aromatic heterocycles. The van der Waals surface area contributed by atoms with E-state index in [4.69, 9.17) is 4.74 Å². The first-order valence-corrected chi connectivity index (χ1v) is 7.71. The van der Waals surface area contributed by atoms with Crippen molar-refractivity contribution in [3.63, 3.8) is 0 Å². The fourth-order valence-electron chi connectivity index (χ4n) is 2.45. The van der Waals surface area contributed by atoms with Crippen molar-refractivity contribution >= 4 is 11.4 Å². The van der Waals surface area contributed by atoms with Gasteiger partial charge in [-0.15, -0.1) is 0 Å². The van der Waals surface area contributed by atoms with E-state index in [9.17, 15) is 14.9 Å². The molecule has 128 valence electrons. The Bertz CT molecular complexity index is 773. The number of nitrogens with one attached hydrogen (secondary N) is 1. The number of aromatic nitrogens is 1. The fraction of sp³-hybridized carbons (Fsp3) is 0.353. The normalized spacial score (nSPS) is 10.6. The summed E-state index contributed by atoms with van der Waals surface area (Å²) in [6.45, 7) is 5.19. The van der Waals surface area contributed by atoms with Crippen molar-refractivity contribution < 1.29 is 9.66 Å². The number of nitrogens with zero attached hydrogens (tertiary/aromatic N) is 2. The van der Waals surface area contributed by atoms with Crippen molar-refractivity contribution in [2.45, 2.75) is 13.8 Å². The van der Waals surface area contributed by atoms with Crippen LogP contribution in [-0.4, -0.2) is 29.2 Å². The third kappa shape index (κ3) is 3.99. The summed E-state index contributed by atoms with van der Waals surface area (Å²) in [4.78, 5) is 22.6. The van der Waals surface area contributed by atoms with Crippen LogP contribution in [0.2, 0.25) is 0 Å². The van der Waals surface area contributed by atoms with Gasteiger partial charge in [-0.25, -0.2) is 0 Å². The minimum absolute atomic E-state index is 0.0109. The molecule has 24 heavy (non-hydrogen) atoms. The summed E-state index contributed by atoms with van der Waals surface area (Å²) in [6.07, 6.45) is 1.72. The van der Waals surface area contributed by atoms with E-state index in [2.05, 4.69) is 5.32 Å². The van der Waals surface area contributed by atoms with Crippen molar-refractivity contribution in [2.24, 2.45) is 7.05 Å². The molecular weight excluding hydrogens is 310 g/mol. The maximum Gasteiger partial charge on any atom is 0.292 e. The van der Waals surface area contributed by atoms with Gasteiger partial charge in [0.15, 0.2) is 0 Å². The molecule has 0 aliphatic heterocycles. The van der Waals surface area contributed by atoms with Gasteiger partial charge in [0.2, 0.25) is 0 Å². The number of aryl methyl sites for hydroxylation is 2. The van der Waals surface area contributed by atoms with E-state index in [0.717, 1.165) is 11.1 Å². The minimum atomic E-state index is -0.418. The van der Waals surface area contributed by atoms with Gasteiger partial charge in [0.1, 0.15) is 5.69 Å². The first-order valence-electron chi connectivity index (χ1n) is 7.71. The molecule has 2 rings (SSSR count). The number of pyridine rings is 1. The van der Waals surface area contributed by atoms with E-state index < -0.39 is 4.92 Å². The van der Waals surface area contributed by atoms with Crippen LogP contribution in [0.15, 0.2) is 35.3 Å². The first kappa shape index (κ1) is 17.7. The van der Waals surface area contributed by atoms with Crippen molar-refractivity contribution in [2.75, 3.05) is 25.1 Å². The molecule has 0 bridgehead atoms. The lowest BCUT2D eigenvalue weighted by atomic mass is 10.0. The molecule has 0 aliphatic carbocycles. The van der Waals surface area contributed by atoms with E-state index in [-0.39, 0.29) is 11.2 Å². The van der Waals surface area contributed by atoms with Crippen molar-refractivity contribution in [3.8, 4) is 11.1 Å². The van der Waals surface area contributed by atoms with Gasteiger partial charge in [0.25, 0.3) is 11.2 Å². The Kier molecular flexibility index (Phi) is 5.70. The van der Waals surface area contributed by atoms with Crippen LogP contribution in [-0.2, 0) is 11.8 Å². The Morgan fingerprint density at radius 2 is 2.04 bits per heavy atom. The van der Waals surface area contributed by atoms with E-state index in [1.165, 1.54) is 10.6 Å². The Balaban J connectivity index is 2.38. The quantitative estimate of drug-likeness (QED) is 0.479. The minimum Gasteiger partial charge on any atom is -0.380 e. The monoisotopic (exact) mass is 331 g/mol. The van der Waals surface area contributed by atoms with Gasteiger partial charge < -0.3 is 14.6 Å². The highest BCUT2D eigenvalue weighted by Crippen LogP contribution is 2.30. The summed E-state index contributed by atoms with van der Waals surface area (Å²) in [5.41, 5.74) is 2.64. The smallest absolute Gasteiger partial charge is 0.292 e. The summed E-state index contributed by atoms with van der Waals surface area (Å²) in [5.74, 6) is 0. The molecule has 7 heteroatoms. The van der Waals surface area contributed by atoms with Crippen molar-refractivity contribution in [3.05, 3.63) is 56.5 Å². The molecule has 0 saturated carbocycles. The predicted molar refractivity (Wildman–Crippen MR) is 93.5 cm³/mol. The summed E-state index contributed by atoms with van der Waals surface area (Å²) in [5, 5.41) is 14.2. The topological polar surface area (TPSA) is 86.4 Å². The zero-order valence-corrected chi connectivity index (χ0v) is 14.0. The maximum atomic E-state index is 11.8. The number of benzene rings is 1. The van der Waals surface area contributed by atoms with Crippen molar-refractivity contribution in [1.82, 2.24) is 4.57 Å². The maximum absolute atomic E-state index is 11.8. The zero-order valence-electron chi connectivity index (χ0n) is 14.0. The molecule has 2 aromatic rings. The fourth-order valence-corrected chi connectivity index (χ4v) is 2.45. The molecule has 0 atom stereocenters. The molecule has 0 unspecified atom stereocenters. The lowest BCUT2D eigenvalue weighted by molar-refractivity contribution is -0.383. The molecule has 0 radical (unpaired) electrons. The Morgan fingerprint density at radius 1 is 1.29 bits per heavy atom. The molecule has 0 saturated heterocycles. The Hall–Kier alpha value is -2.67. The van der Waals surface area contributed by atoms with Crippen LogP contribution in [0.4, 0.5) is 11.4 Å². The summed E-state index contributed by atoms with van der Waals surface area (Å²) >= 11 is 0. The van der Waals surface area contributed by atoms with Crippen LogP contribution >= 0.6 is 0 Å². The molecular formula is C17H21N3O4. The zero-order chi connectivity index (χ0) is 17.7. The molecule has 0 amide bonds. The van der Waals surface area contributed by atoms with Crippen molar-refractivity contribution in [1.29, 1.82) is 0 Å². The van der Waals surface area contributed by atoms with Crippen LogP contribution in [0.1, 0.15) is 12.5 Å². The van der Waals surface area contributed by atoms with Gasteiger partial charge in [-0.05, 0) is 43.2 Å². The number of nitro benzene ring substituents is 1. The third-order valence-corrected chi connectivity index (χ3v) is 3.65. The summed E-state index contributed by atoms with van der Waals surface area (Å²) in [6, 6.07) is 6.67. The van der Waals surface area contributed by atoms with E-state index in [1.807, 2.05) is 6.92 Å². The van der Waals surface area contributed by atoms with Gasteiger partial charge in [-0.1, -0.05) is 0 Å². The first-order chi connectivity index (χ1) is 11.4.